The van der Waals surface area contributed by atoms with Crippen LogP contribution in [0.1, 0.15) is 18.4 Å². The van der Waals surface area contributed by atoms with E-state index in [1.54, 1.807) is 18.5 Å². The zero-order valence-corrected chi connectivity index (χ0v) is 17.8. The lowest BCUT2D eigenvalue weighted by Crippen LogP contribution is -2.45. The monoisotopic (exact) mass is 435 g/mol. The number of hydrogen-bond donors (Lipinski definition) is 2. The molecule has 3 N–H and O–H groups in total. The van der Waals surface area contributed by atoms with Crippen molar-refractivity contribution in [2.24, 2.45) is 5.92 Å². The number of aromatic amines is 1. The number of nitrogens with two attached hydrogens (primary N) is 1. The molecule has 1 saturated heterocycles. The topological polar surface area (TPSA) is 130 Å². The van der Waals surface area contributed by atoms with Crippen LogP contribution in [0.2, 0.25) is 0 Å². The summed E-state index contributed by atoms with van der Waals surface area (Å²) in [6.07, 6.45) is 4.57. The van der Waals surface area contributed by atoms with Crippen molar-refractivity contribution in [3.63, 3.8) is 0 Å². The molecule has 1 fully saturated rings. The molecule has 10 nitrogen and oxygen atoms in total. The van der Waals surface area contributed by atoms with Gasteiger partial charge in [-0.15, -0.1) is 0 Å². The van der Waals surface area contributed by atoms with Gasteiger partial charge in [0.05, 0.1) is 6.54 Å². The van der Waals surface area contributed by atoms with Crippen LogP contribution in [0.4, 0.5) is 17.5 Å². The van der Waals surface area contributed by atoms with Crippen LogP contribution >= 0.6 is 0 Å². The summed E-state index contributed by atoms with van der Waals surface area (Å²) in [6.45, 7) is 1.45. The zero-order valence-electron chi connectivity index (χ0n) is 17.8. The third-order valence-electron chi connectivity index (χ3n) is 5.74. The maximum atomic E-state index is 13.2. The number of anilines is 3. The highest BCUT2D eigenvalue weighted by Gasteiger charge is 2.31. The lowest BCUT2D eigenvalue weighted by Gasteiger charge is -2.33. The Labute approximate surface area is 184 Å². The first-order chi connectivity index (χ1) is 15.5. The molecule has 3 heterocycles. The molecule has 1 aliphatic rings. The van der Waals surface area contributed by atoms with E-state index in [0.29, 0.717) is 31.9 Å². The number of nitrogen functional groups attached to an aromatic ring is 1. The Bertz CT molecular complexity index is 1200. The summed E-state index contributed by atoms with van der Waals surface area (Å²) in [5.41, 5.74) is 5.77. The second-order valence-electron chi connectivity index (χ2n) is 7.77. The van der Waals surface area contributed by atoms with E-state index in [1.165, 1.54) is 16.5 Å². The number of nitrogens with one attached hydrogen (secondary N) is 1. The summed E-state index contributed by atoms with van der Waals surface area (Å²) in [6, 6.07) is 11.0. The lowest BCUT2D eigenvalue weighted by atomic mass is 9.95. The van der Waals surface area contributed by atoms with Crippen LogP contribution in [0.25, 0.3) is 0 Å². The highest BCUT2D eigenvalue weighted by molar-refractivity contribution is 5.96. The van der Waals surface area contributed by atoms with Crippen LogP contribution in [0, 0.1) is 5.92 Å². The van der Waals surface area contributed by atoms with Crippen LogP contribution < -0.4 is 26.8 Å². The maximum absolute atomic E-state index is 13.2. The molecule has 0 radical (unpaired) electrons. The first kappa shape index (κ1) is 21.3. The maximum Gasteiger partial charge on any atom is 0.330 e. The van der Waals surface area contributed by atoms with Crippen molar-refractivity contribution in [2.75, 3.05) is 35.7 Å². The molecule has 1 aliphatic heterocycles. The minimum Gasteiger partial charge on any atom is -0.383 e. The molecule has 3 aromatic rings. The molecule has 10 heteroatoms. The average Bonchev–Trinajstić information content (AvgIpc) is 2.82. The summed E-state index contributed by atoms with van der Waals surface area (Å²) in [5.74, 6) is 0.128. The minimum atomic E-state index is -0.678. The van der Waals surface area contributed by atoms with Crippen LogP contribution in [0.5, 0.6) is 0 Å². The molecule has 2 aromatic heterocycles. The highest BCUT2D eigenvalue weighted by atomic mass is 16.2. The summed E-state index contributed by atoms with van der Waals surface area (Å²) in [4.78, 5) is 52.2. The fraction of sp³-hybridized carbons (Fsp3) is 0.318. The molecule has 0 spiro atoms. The molecule has 0 bridgehead atoms. The number of aromatic nitrogens is 4. The Kier molecular flexibility index (Phi) is 6.02. The molecule has 4 rings (SSSR count). The normalized spacial score (nSPS) is 14.3. The number of amides is 1. The molecule has 32 heavy (non-hydrogen) atoms. The molecule has 0 unspecified atom stereocenters. The SMILES string of the molecule is CN(C(=O)C1CCN(c2ncccn2)CC1)c1c(N)n(Cc2ccccc2)c(=O)[nH]c1=O. The van der Waals surface area contributed by atoms with Gasteiger partial charge in [0.15, 0.2) is 5.69 Å². The van der Waals surface area contributed by atoms with E-state index in [0.717, 1.165) is 5.56 Å². The van der Waals surface area contributed by atoms with E-state index in [4.69, 9.17) is 5.73 Å². The van der Waals surface area contributed by atoms with Crippen molar-refractivity contribution in [3.05, 3.63) is 75.2 Å². The number of benzene rings is 1. The number of carbonyl (C=O) groups is 1. The van der Waals surface area contributed by atoms with Gasteiger partial charge >= 0.3 is 5.69 Å². The Morgan fingerprint density at radius 2 is 1.78 bits per heavy atom. The van der Waals surface area contributed by atoms with Gasteiger partial charge in [-0.05, 0) is 24.5 Å². The van der Waals surface area contributed by atoms with Crippen molar-refractivity contribution in [2.45, 2.75) is 19.4 Å². The van der Waals surface area contributed by atoms with Crippen LogP contribution in [0.3, 0.4) is 0 Å². The zero-order chi connectivity index (χ0) is 22.7. The number of carbonyl (C=O) groups excluding carboxylic acids is 1. The highest BCUT2D eigenvalue weighted by Crippen LogP contribution is 2.25. The summed E-state index contributed by atoms with van der Waals surface area (Å²) >= 11 is 0. The van der Waals surface area contributed by atoms with Crippen molar-refractivity contribution >= 4 is 23.4 Å². The fourth-order valence-electron chi connectivity index (χ4n) is 3.99. The second-order valence-corrected chi connectivity index (χ2v) is 7.77. The Morgan fingerprint density at radius 3 is 2.44 bits per heavy atom. The second kappa shape index (κ2) is 9.04. The van der Waals surface area contributed by atoms with Gasteiger partial charge in [0.1, 0.15) is 5.82 Å². The van der Waals surface area contributed by atoms with E-state index in [-0.39, 0.29) is 29.9 Å². The van der Waals surface area contributed by atoms with E-state index in [9.17, 15) is 14.4 Å². The molecule has 1 amide bonds. The molecule has 0 aliphatic carbocycles. The molecule has 0 atom stereocenters. The Balaban J connectivity index is 1.53. The predicted molar refractivity (Wildman–Crippen MR) is 122 cm³/mol. The van der Waals surface area contributed by atoms with Gasteiger partial charge in [-0.1, -0.05) is 30.3 Å². The van der Waals surface area contributed by atoms with Crippen LogP contribution in [-0.4, -0.2) is 45.6 Å². The van der Waals surface area contributed by atoms with Gasteiger partial charge in [0, 0.05) is 38.4 Å². The molecule has 166 valence electrons. The largest absolute Gasteiger partial charge is 0.383 e. The standard InChI is InChI=1S/C22H25N7O3/c1-27(20(31)16-8-12-28(13-9-16)21-24-10-5-11-25-21)17-18(23)29(22(32)26-19(17)30)14-15-6-3-2-4-7-15/h2-7,10-11,16H,8-9,12-14,23H2,1H3,(H,26,30,32). The summed E-state index contributed by atoms with van der Waals surface area (Å²) in [5, 5.41) is 0. The number of H-pyrrole nitrogens is 1. The molecular weight excluding hydrogens is 410 g/mol. The van der Waals surface area contributed by atoms with E-state index < -0.39 is 11.2 Å². The third-order valence-corrected chi connectivity index (χ3v) is 5.74. The van der Waals surface area contributed by atoms with Gasteiger partial charge in [0.2, 0.25) is 11.9 Å². The van der Waals surface area contributed by atoms with Gasteiger partial charge in [0.25, 0.3) is 5.56 Å². The third kappa shape index (κ3) is 4.25. The van der Waals surface area contributed by atoms with Crippen LogP contribution in [-0.2, 0) is 11.3 Å². The first-order valence-corrected chi connectivity index (χ1v) is 10.4. The van der Waals surface area contributed by atoms with E-state index >= 15 is 0 Å². The van der Waals surface area contributed by atoms with Crippen molar-refractivity contribution in [1.82, 2.24) is 19.5 Å². The number of rotatable bonds is 5. The quantitative estimate of drug-likeness (QED) is 0.607. The molecule has 1 aromatic carbocycles. The first-order valence-electron chi connectivity index (χ1n) is 10.4. The summed E-state index contributed by atoms with van der Waals surface area (Å²) < 4.78 is 1.27. The van der Waals surface area contributed by atoms with Crippen molar-refractivity contribution < 1.29 is 4.79 Å². The number of piperidine rings is 1. The predicted octanol–water partition coefficient (Wildman–Crippen LogP) is 0.836. The minimum absolute atomic E-state index is 0.0145. The van der Waals surface area contributed by atoms with Gasteiger partial charge in [-0.3, -0.25) is 19.1 Å². The van der Waals surface area contributed by atoms with Gasteiger partial charge in [-0.25, -0.2) is 14.8 Å². The summed E-state index contributed by atoms with van der Waals surface area (Å²) in [7, 11) is 1.52. The van der Waals surface area contributed by atoms with Gasteiger partial charge in [-0.2, -0.15) is 0 Å². The fourth-order valence-corrected chi connectivity index (χ4v) is 3.99. The smallest absolute Gasteiger partial charge is 0.330 e. The van der Waals surface area contributed by atoms with E-state index in [1.807, 2.05) is 35.2 Å². The van der Waals surface area contributed by atoms with Crippen molar-refractivity contribution in [1.29, 1.82) is 0 Å². The Morgan fingerprint density at radius 1 is 1.12 bits per heavy atom. The number of hydrogen-bond acceptors (Lipinski definition) is 7. The molecule has 0 saturated carbocycles. The van der Waals surface area contributed by atoms with E-state index in [2.05, 4.69) is 15.0 Å². The molecular formula is C22H25N7O3. The average molecular weight is 435 g/mol. The van der Waals surface area contributed by atoms with Crippen molar-refractivity contribution in [3.8, 4) is 0 Å². The number of nitrogens with zero attached hydrogens (tertiary/aromatic N) is 5. The Hall–Kier alpha value is -3.95. The lowest BCUT2D eigenvalue weighted by molar-refractivity contribution is -0.122. The van der Waals surface area contributed by atoms with Crippen LogP contribution in [0.15, 0.2) is 58.4 Å². The van der Waals surface area contributed by atoms with Gasteiger partial charge < -0.3 is 15.5 Å².